The van der Waals surface area contributed by atoms with Crippen molar-refractivity contribution < 1.29 is 4.79 Å². The molecule has 2 N–H and O–H groups in total. The first kappa shape index (κ1) is 11.4. The first-order valence-corrected chi connectivity index (χ1v) is 4.72. The summed E-state index contributed by atoms with van der Waals surface area (Å²) in [5.74, 6) is -0.0361. The summed E-state index contributed by atoms with van der Waals surface area (Å²) in [6, 6.07) is 5.35. The number of carbonyl (C=O) groups excluding carboxylic acids is 1. The number of carbonyl (C=O) groups is 1. The number of amides is 1. The Morgan fingerprint density at radius 1 is 1.20 bits per heavy atom. The lowest BCUT2D eigenvalue weighted by Crippen LogP contribution is -2.24. The van der Waals surface area contributed by atoms with Crippen LogP contribution in [-0.2, 0) is 0 Å². The maximum absolute atomic E-state index is 11.9. The number of hydrogen-bond donors (Lipinski definition) is 1. The highest BCUT2D eigenvalue weighted by atomic mass is 16.2. The van der Waals surface area contributed by atoms with Gasteiger partial charge in [0.05, 0.1) is 5.56 Å². The minimum Gasteiger partial charge on any atom is -0.399 e. The monoisotopic (exact) mass is 207 g/mol. The van der Waals surface area contributed by atoms with Gasteiger partial charge in [-0.3, -0.25) is 4.79 Å². The van der Waals surface area contributed by atoms with Crippen LogP contribution in [0.1, 0.15) is 10.4 Å². The Bertz CT molecular complexity index is 372. The van der Waals surface area contributed by atoms with Crippen molar-refractivity contribution in [3.63, 3.8) is 0 Å². The van der Waals surface area contributed by atoms with Crippen molar-refractivity contribution in [2.75, 3.05) is 38.8 Å². The van der Waals surface area contributed by atoms with Crippen molar-refractivity contribution in [3.8, 4) is 0 Å². The van der Waals surface area contributed by atoms with Crippen molar-refractivity contribution in [2.24, 2.45) is 0 Å². The highest BCUT2D eigenvalue weighted by Gasteiger charge is 2.14. The summed E-state index contributed by atoms with van der Waals surface area (Å²) in [6.45, 7) is 0. The molecule has 0 radical (unpaired) electrons. The molecule has 0 aliphatic carbocycles. The molecule has 1 aromatic carbocycles. The normalized spacial score (nSPS) is 9.87. The van der Waals surface area contributed by atoms with E-state index in [1.165, 1.54) is 0 Å². The molecule has 0 saturated carbocycles. The van der Waals surface area contributed by atoms with Gasteiger partial charge in [-0.2, -0.15) is 0 Å². The average molecular weight is 207 g/mol. The van der Waals surface area contributed by atoms with E-state index >= 15 is 0 Å². The van der Waals surface area contributed by atoms with Crippen LogP contribution >= 0.6 is 0 Å². The largest absolute Gasteiger partial charge is 0.399 e. The molecule has 0 unspecified atom stereocenters. The lowest BCUT2D eigenvalue weighted by molar-refractivity contribution is 0.0828. The summed E-state index contributed by atoms with van der Waals surface area (Å²) in [6.07, 6.45) is 0. The van der Waals surface area contributed by atoms with Gasteiger partial charge in [-0.1, -0.05) is 0 Å². The second-order valence-corrected chi connectivity index (χ2v) is 3.87. The van der Waals surface area contributed by atoms with E-state index in [-0.39, 0.29) is 5.91 Å². The lowest BCUT2D eigenvalue weighted by Gasteiger charge is -2.19. The predicted octanol–water partition coefficient (Wildman–Crippen LogP) is 1.04. The van der Waals surface area contributed by atoms with Gasteiger partial charge in [-0.15, -0.1) is 0 Å². The molecule has 0 heterocycles. The molecule has 15 heavy (non-hydrogen) atoms. The number of nitrogens with two attached hydrogens (primary N) is 1. The number of nitrogen functional groups attached to an aromatic ring is 1. The Balaban J connectivity index is 3.24. The minimum absolute atomic E-state index is 0.0361. The molecule has 0 spiro atoms. The first-order chi connectivity index (χ1) is 6.93. The fourth-order valence-electron chi connectivity index (χ4n) is 1.36. The maximum atomic E-state index is 11.9. The molecule has 0 aliphatic heterocycles. The molecule has 4 nitrogen and oxygen atoms in total. The van der Waals surface area contributed by atoms with Gasteiger partial charge >= 0.3 is 0 Å². The van der Waals surface area contributed by atoms with E-state index < -0.39 is 0 Å². The van der Waals surface area contributed by atoms with Crippen LogP contribution in [0.25, 0.3) is 0 Å². The molecule has 0 fully saturated rings. The molecule has 0 bridgehead atoms. The third-order valence-electron chi connectivity index (χ3n) is 2.14. The molecular formula is C11H17N3O. The van der Waals surface area contributed by atoms with Crippen LogP contribution in [0.2, 0.25) is 0 Å². The number of rotatable bonds is 2. The van der Waals surface area contributed by atoms with E-state index in [2.05, 4.69) is 0 Å². The Morgan fingerprint density at radius 2 is 1.80 bits per heavy atom. The first-order valence-electron chi connectivity index (χ1n) is 4.72. The third-order valence-corrected chi connectivity index (χ3v) is 2.14. The molecule has 0 aromatic heterocycles. The van der Waals surface area contributed by atoms with Gasteiger partial charge in [0.1, 0.15) is 0 Å². The van der Waals surface area contributed by atoms with Gasteiger partial charge in [0.15, 0.2) is 0 Å². The topological polar surface area (TPSA) is 49.6 Å². The summed E-state index contributed by atoms with van der Waals surface area (Å²) < 4.78 is 0. The Hall–Kier alpha value is -1.71. The number of anilines is 2. The standard InChI is InChI=1S/C11H17N3O/c1-13(2)10-6-5-8(12)7-9(10)11(15)14(3)4/h5-7H,12H2,1-4H3. The molecule has 0 aliphatic rings. The maximum Gasteiger partial charge on any atom is 0.255 e. The number of hydrogen-bond acceptors (Lipinski definition) is 3. The van der Waals surface area contributed by atoms with Gasteiger partial charge in [0.25, 0.3) is 5.91 Å². The van der Waals surface area contributed by atoms with Crippen LogP contribution in [0.15, 0.2) is 18.2 Å². The second kappa shape index (κ2) is 4.21. The summed E-state index contributed by atoms with van der Waals surface area (Å²) in [4.78, 5) is 15.3. The molecule has 1 amide bonds. The third kappa shape index (κ3) is 2.40. The van der Waals surface area contributed by atoms with Crippen LogP contribution in [0.4, 0.5) is 11.4 Å². The van der Waals surface area contributed by atoms with Gasteiger partial charge < -0.3 is 15.5 Å². The van der Waals surface area contributed by atoms with E-state index in [0.717, 1.165) is 5.69 Å². The minimum atomic E-state index is -0.0361. The molecule has 1 rings (SSSR count). The van der Waals surface area contributed by atoms with E-state index in [4.69, 9.17) is 5.73 Å². The Kier molecular flexibility index (Phi) is 3.19. The molecule has 0 atom stereocenters. The summed E-state index contributed by atoms with van der Waals surface area (Å²) in [5.41, 5.74) is 7.79. The number of nitrogens with zero attached hydrogens (tertiary/aromatic N) is 2. The van der Waals surface area contributed by atoms with E-state index in [9.17, 15) is 4.79 Å². The molecule has 1 aromatic rings. The number of benzene rings is 1. The summed E-state index contributed by atoms with van der Waals surface area (Å²) >= 11 is 0. The Labute approximate surface area is 90.3 Å². The van der Waals surface area contributed by atoms with E-state index in [1.807, 2.05) is 25.1 Å². The van der Waals surface area contributed by atoms with Crippen LogP contribution in [0.3, 0.4) is 0 Å². The van der Waals surface area contributed by atoms with Crippen LogP contribution in [0, 0.1) is 0 Å². The fraction of sp³-hybridized carbons (Fsp3) is 0.364. The SMILES string of the molecule is CN(C)C(=O)c1cc(N)ccc1N(C)C. The van der Waals surface area contributed by atoms with Gasteiger partial charge in [0.2, 0.25) is 0 Å². The van der Waals surface area contributed by atoms with Gasteiger partial charge in [0, 0.05) is 39.6 Å². The molecule has 4 heteroatoms. The zero-order chi connectivity index (χ0) is 11.6. The zero-order valence-electron chi connectivity index (χ0n) is 9.61. The predicted molar refractivity (Wildman–Crippen MR) is 63.2 cm³/mol. The highest BCUT2D eigenvalue weighted by molar-refractivity contribution is 6.00. The molecule has 0 saturated heterocycles. The molecular weight excluding hydrogens is 190 g/mol. The average Bonchev–Trinajstić information content (AvgIpc) is 2.15. The van der Waals surface area contributed by atoms with Crippen LogP contribution in [-0.4, -0.2) is 39.0 Å². The van der Waals surface area contributed by atoms with Crippen molar-refractivity contribution in [1.82, 2.24) is 4.90 Å². The van der Waals surface area contributed by atoms with Gasteiger partial charge in [-0.05, 0) is 18.2 Å². The van der Waals surface area contributed by atoms with Crippen molar-refractivity contribution in [2.45, 2.75) is 0 Å². The quantitative estimate of drug-likeness (QED) is 0.737. The smallest absolute Gasteiger partial charge is 0.255 e. The van der Waals surface area contributed by atoms with Gasteiger partial charge in [-0.25, -0.2) is 0 Å². The summed E-state index contributed by atoms with van der Waals surface area (Å²) in [5, 5.41) is 0. The zero-order valence-corrected chi connectivity index (χ0v) is 9.61. The second-order valence-electron chi connectivity index (χ2n) is 3.87. The summed E-state index contributed by atoms with van der Waals surface area (Å²) in [7, 11) is 7.26. The van der Waals surface area contributed by atoms with Crippen molar-refractivity contribution in [3.05, 3.63) is 23.8 Å². The molecule has 82 valence electrons. The van der Waals surface area contributed by atoms with E-state index in [1.54, 1.807) is 31.1 Å². The lowest BCUT2D eigenvalue weighted by atomic mass is 10.1. The van der Waals surface area contributed by atoms with Crippen molar-refractivity contribution in [1.29, 1.82) is 0 Å². The van der Waals surface area contributed by atoms with Crippen molar-refractivity contribution >= 4 is 17.3 Å². The fourth-order valence-corrected chi connectivity index (χ4v) is 1.36. The van der Waals surface area contributed by atoms with E-state index in [0.29, 0.717) is 11.3 Å². The highest BCUT2D eigenvalue weighted by Crippen LogP contribution is 2.22. The Morgan fingerprint density at radius 3 is 2.27 bits per heavy atom. The van der Waals surface area contributed by atoms with Crippen LogP contribution < -0.4 is 10.6 Å². The van der Waals surface area contributed by atoms with Crippen LogP contribution in [0.5, 0.6) is 0 Å².